The summed E-state index contributed by atoms with van der Waals surface area (Å²) < 4.78 is 17.9. The number of nitrogens with one attached hydrogen (secondary N) is 1. The van der Waals surface area contributed by atoms with Crippen LogP contribution >= 0.6 is 23.7 Å². The van der Waals surface area contributed by atoms with Gasteiger partial charge in [0, 0.05) is 28.9 Å². The Morgan fingerprint density at radius 3 is 2.73 bits per heavy atom. The van der Waals surface area contributed by atoms with Crippen LogP contribution in [0.4, 0.5) is 10.2 Å². The van der Waals surface area contributed by atoms with Gasteiger partial charge < -0.3 is 5.32 Å². The molecule has 160 valence electrons. The van der Waals surface area contributed by atoms with E-state index in [9.17, 15) is 4.39 Å². The average Bonchev–Trinajstić information content (AvgIpc) is 3.49. The Morgan fingerprint density at radius 2 is 2.07 bits per heavy atom. The normalized spacial score (nSPS) is 19.4. The Kier molecular flexibility index (Phi) is 7.06. The Bertz CT molecular complexity index is 946. The van der Waals surface area contributed by atoms with E-state index in [0.717, 1.165) is 36.1 Å². The van der Waals surface area contributed by atoms with Gasteiger partial charge in [-0.3, -0.25) is 4.31 Å². The average molecular weight is 448 g/mol. The van der Waals surface area contributed by atoms with Gasteiger partial charge in [-0.15, -0.1) is 16.9 Å². The molecule has 1 aliphatic carbocycles. The van der Waals surface area contributed by atoms with E-state index in [-0.39, 0.29) is 6.04 Å². The number of anilines is 1. The second-order valence-electron chi connectivity index (χ2n) is 7.32. The lowest BCUT2D eigenvalue weighted by atomic mass is 10.1. The van der Waals surface area contributed by atoms with Crippen molar-refractivity contribution in [2.45, 2.75) is 37.0 Å². The van der Waals surface area contributed by atoms with Crippen LogP contribution in [0.2, 0.25) is 0 Å². The van der Waals surface area contributed by atoms with Gasteiger partial charge in [-0.05, 0) is 44.1 Å². The van der Waals surface area contributed by atoms with Gasteiger partial charge in [0.1, 0.15) is 13.0 Å². The van der Waals surface area contributed by atoms with Crippen LogP contribution in [0.5, 0.6) is 0 Å². The summed E-state index contributed by atoms with van der Waals surface area (Å²) in [6.45, 7) is 5.20. The Hall–Kier alpha value is -1.91. The molecule has 0 aromatic carbocycles. The molecule has 1 aliphatic heterocycles. The van der Waals surface area contributed by atoms with E-state index < -0.39 is 6.67 Å². The van der Waals surface area contributed by atoms with Crippen LogP contribution in [-0.4, -0.2) is 60.5 Å². The van der Waals surface area contributed by atoms with Crippen molar-refractivity contribution in [3.8, 4) is 0 Å². The van der Waals surface area contributed by atoms with E-state index in [2.05, 4.69) is 36.5 Å². The number of fused-ring (bicyclic) bond motifs is 1. The molecular weight excluding hydrogens is 421 g/mol. The highest BCUT2D eigenvalue weighted by atomic mass is 32.2. The van der Waals surface area contributed by atoms with Crippen molar-refractivity contribution in [2.24, 2.45) is 0 Å². The third-order valence-corrected chi connectivity index (χ3v) is 7.37. The van der Waals surface area contributed by atoms with Gasteiger partial charge in [0.2, 0.25) is 0 Å². The molecule has 2 aliphatic rings. The highest BCUT2D eigenvalue weighted by Gasteiger charge is 2.29. The van der Waals surface area contributed by atoms with Crippen molar-refractivity contribution in [1.82, 2.24) is 29.3 Å². The van der Waals surface area contributed by atoms with Crippen LogP contribution < -0.4 is 5.32 Å². The molecular formula is C20H26FN7S2. The number of thioether (sulfide) groups is 1. The summed E-state index contributed by atoms with van der Waals surface area (Å²) in [5.41, 5.74) is 1.64. The number of piperidine rings is 1. The molecule has 0 spiro atoms. The molecule has 4 rings (SSSR count). The smallest absolute Gasteiger partial charge is 0.184 e. The molecule has 2 aromatic heterocycles. The van der Waals surface area contributed by atoms with E-state index >= 15 is 0 Å². The van der Waals surface area contributed by atoms with Crippen LogP contribution in [-0.2, 0) is 0 Å². The first-order valence-corrected chi connectivity index (χ1v) is 12.2. The summed E-state index contributed by atoms with van der Waals surface area (Å²) in [5, 5.41) is 12.6. The monoisotopic (exact) mass is 447 g/mol. The van der Waals surface area contributed by atoms with Crippen LogP contribution in [0.1, 0.15) is 31.7 Å². The fourth-order valence-electron chi connectivity index (χ4n) is 3.35. The van der Waals surface area contributed by atoms with Crippen LogP contribution in [0, 0.1) is 0 Å². The van der Waals surface area contributed by atoms with E-state index in [1.54, 1.807) is 23.9 Å². The Labute approximate surface area is 184 Å². The van der Waals surface area contributed by atoms with E-state index in [0.29, 0.717) is 22.7 Å². The van der Waals surface area contributed by atoms with Gasteiger partial charge in [0.05, 0.1) is 6.04 Å². The van der Waals surface area contributed by atoms with Crippen molar-refractivity contribution >= 4 is 40.7 Å². The summed E-state index contributed by atoms with van der Waals surface area (Å²) in [6, 6.07) is 0.268. The zero-order valence-electron chi connectivity index (χ0n) is 17.0. The third kappa shape index (κ3) is 5.04. The fraction of sp³-hybridized carbons (Fsp3) is 0.500. The highest BCUT2D eigenvalue weighted by Crippen LogP contribution is 2.38. The third-order valence-electron chi connectivity index (χ3n) is 5.16. The molecule has 2 aromatic rings. The van der Waals surface area contributed by atoms with Gasteiger partial charge in [0.15, 0.2) is 17.0 Å². The minimum absolute atomic E-state index is 0.268. The number of hydrogen-bond acceptors (Lipinski definition) is 8. The van der Waals surface area contributed by atoms with Crippen molar-refractivity contribution in [3.63, 3.8) is 0 Å². The number of hydrogen-bond donors (Lipinski definition) is 1. The van der Waals surface area contributed by atoms with Crippen LogP contribution in [0.25, 0.3) is 11.2 Å². The fourth-order valence-corrected chi connectivity index (χ4v) is 4.91. The Morgan fingerprint density at radius 1 is 1.27 bits per heavy atom. The number of alkyl halides is 1. The molecule has 1 N–H and O–H groups in total. The summed E-state index contributed by atoms with van der Waals surface area (Å²) >= 11 is 3.56. The van der Waals surface area contributed by atoms with E-state index in [4.69, 9.17) is 0 Å². The topological polar surface area (TPSA) is 71.8 Å². The first-order chi connectivity index (χ1) is 14.7. The molecule has 0 atom stereocenters. The molecule has 0 unspecified atom stereocenters. The molecule has 1 saturated heterocycles. The highest BCUT2D eigenvalue weighted by molar-refractivity contribution is 8.02. The number of aromatic nitrogens is 5. The molecule has 10 heteroatoms. The maximum atomic E-state index is 13.5. The van der Waals surface area contributed by atoms with E-state index in [1.165, 1.54) is 19.2 Å². The SMILES string of the molecule is C=C/C(=C\C=C(/CF)Nc1ncnc2c1nnn2C1CCN(SC2CC2)CC1)SC. The molecule has 0 amide bonds. The predicted molar refractivity (Wildman–Crippen MR) is 123 cm³/mol. The molecule has 0 radical (unpaired) electrons. The second-order valence-corrected chi connectivity index (χ2v) is 9.59. The number of allylic oxidation sites excluding steroid dienone is 4. The van der Waals surface area contributed by atoms with Crippen molar-refractivity contribution < 1.29 is 4.39 Å². The molecule has 7 nitrogen and oxygen atoms in total. The number of halogens is 1. The summed E-state index contributed by atoms with van der Waals surface area (Å²) in [7, 11) is 0. The second kappa shape index (κ2) is 9.93. The lowest BCUT2D eigenvalue weighted by Gasteiger charge is -2.30. The molecule has 30 heavy (non-hydrogen) atoms. The lowest BCUT2D eigenvalue weighted by Crippen LogP contribution is -2.31. The number of rotatable bonds is 9. The Balaban J connectivity index is 1.49. The standard InChI is InChI=1S/C20H26FN7S2/c1-3-16(29-2)5-4-14(12-21)24-19-18-20(23-13-22-19)28(26-25-18)15-8-10-27(11-9-15)30-17-6-7-17/h3-5,13,15,17H,1,6-12H2,2H3,(H,22,23,24)/b14-4+,16-5+. The van der Waals surface area contributed by atoms with Gasteiger partial charge in [-0.25, -0.2) is 19.0 Å². The summed E-state index contributed by atoms with van der Waals surface area (Å²) in [5.74, 6) is 0.467. The van der Waals surface area contributed by atoms with Crippen LogP contribution in [0.3, 0.4) is 0 Å². The molecule has 1 saturated carbocycles. The van der Waals surface area contributed by atoms with Gasteiger partial charge in [-0.1, -0.05) is 29.8 Å². The zero-order valence-corrected chi connectivity index (χ0v) is 18.6. The van der Waals surface area contributed by atoms with Crippen LogP contribution in [0.15, 0.2) is 41.7 Å². The molecule has 2 fully saturated rings. The van der Waals surface area contributed by atoms with E-state index in [1.807, 2.05) is 29.0 Å². The lowest BCUT2D eigenvalue weighted by molar-refractivity contribution is 0.276. The van der Waals surface area contributed by atoms with Crippen molar-refractivity contribution in [1.29, 1.82) is 0 Å². The predicted octanol–water partition coefficient (Wildman–Crippen LogP) is 4.37. The van der Waals surface area contributed by atoms with Crippen molar-refractivity contribution in [3.05, 3.63) is 41.7 Å². The maximum Gasteiger partial charge on any atom is 0.184 e. The minimum Gasteiger partial charge on any atom is -0.339 e. The van der Waals surface area contributed by atoms with Crippen molar-refractivity contribution in [2.75, 3.05) is 31.3 Å². The zero-order chi connectivity index (χ0) is 20.9. The van der Waals surface area contributed by atoms with Gasteiger partial charge in [0.25, 0.3) is 0 Å². The number of nitrogens with zero attached hydrogens (tertiary/aromatic N) is 6. The minimum atomic E-state index is -0.647. The first-order valence-electron chi connectivity index (χ1n) is 10.1. The maximum absolute atomic E-state index is 13.5. The molecule has 3 heterocycles. The summed E-state index contributed by atoms with van der Waals surface area (Å²) in [6.07, 6.45) is 13.4. The first kappa shape index (κ1) is 21.3. The van der Waals surface area contributed by atoms with Gasteiger partial charge in [-0.2, -0.15) is 0 Å². The molecule has 0 bridgehead atoms. The largest absolute Gasteiger partial charge is 0.339 e. The summed E-state index contributed by atoms with van der Waals surface area (Å²) in [4.78, 5) is 9.64. The quantitative estimate of drug-likeness (QED) is 0.449. The van der Waals surface area contributed by atoms with Gasteiger partial charge >= 0.3 is 0 Å².